The summed E-state index contributed by atoms with van der Waals surface area (Å²) in [5.74, 6) is 0.299. The number of carbonyl (C=O) groups excluding carboxylic acids is 1. The lowest BCUT2D eigenvalue weighted by molar-refractivity contribution is 0.0685. The van der Waals surface area contributed by atoms with E-state index in [4.69, 9.17) is 5.73 Å². The van der Waals surface area contributed by atoms with Gasteiger partial charge in [0.2, 0.25) is 0 Å². The van der Waals surface area contributed by atoms with Gasteiger partial charge in [0.15, 0.2) is 5.13 Å². The number of rotatable bonds is 7. The summed E-state index contributed by atoms with van der Waals surface area (Å²) < 4.78 is 0. The van der Waals surface area contributed by atoms with Crippen LogP contribution in [0.3, 0.4) is 0 Å². The largest absolute Gasteiger partial charge is 0.382 e. The summed E-state index contributed by atoms with van der Waals surface area (Å²) >= 11 is 1.37. The molecule has 1 aromatic rings. The van der Waals surface area contributed by atoms with Crippen molar-refractivity contribution in [2.75, 3.05) is 51.4 Å². The average Bonchev–Trinajstić information content (AvgIpc) is 2.79. The predicted octanol–water partition coefficient (Wildman–Crippen LogP) is 1.59. The fourth-order valence-electron chi connectivity index (χ4n) is 2.18. The van der Waals surface area contributed by atoms with Crippen molar-refractivity contribution in [3.63, 3.8) is 0 Å². The fourth-order valence-corrected chi connectivity index (χ4v) is 3.15. The SMILES string of the molecule is CCN(C)c1nc(N)c(C(=O)N(CC)C(C)CN(C)C)s1. The molecule has 0 radical (unpaired) electrons. The number of nitrogen functional groups attached to an aromatic ring is 1. The molecule has 0 bridgehead atoms. The Balaban J connectivity index is 2.97. The van der Waals surface area contributed by atoms with Crippen molar-refractivity contribution in [3.05, 3.63) is 4.88 Å². The van der Waals surface area contributed by atoms with E-state index in [1.807, 2.05) is 44.8 Å². The molecule has 21 heavy (non-hydrogen) atoms. The van der Waals surface area contributed by atoms with Crippen LogP contribution >= 0.6 is 11.3 Å². The van der Waals surface area contributed by atoms with Crippen molar-refractivity contribution in [2.24, 2.45) is 0 Å². The molecule has 7 heteroatoms. The molecule has 1 atom stereocenters. The van der Waals surface area contributed by atoms with E-state index < -0.39 is 0 Å². The third kappa shape index (κ3) is 4.31. The van der Waals surface area contributed by atoms with Crippen LogP contribution in [0, 0.1) is 0 Å². The lowest BCUT2D eigenvalue weighted by Gasteiger charge is -2.29. The van der Waals surface area contributed by atoms with Gasteiger partial charge in [0.1, 0.15) is 10.7 Å². The second-order valence-electron chi connectivity index (χ2n) is 5.43. The molecule has 2 N–H and O–H groups in total. The van der Waals surface area contributed by atoms with Gasteiger partial charge in [-0.3, -0.25) is 4.79 Å². The molecule has 1 rings (SSSR count). The highest BCUT2D eigenvalue weighted by Crippen LogP contribution is 2.29. The van der Waals surface area contributed by atoms with Gasteiger partial charge in [0, 0.05) is 32.7 Å². The monoisotopic (exact) mass is 313 g/mol. The number of carbonyl (C=O) groups is 1. The Labute approximate surface area is 131 Å². The number of hydrogen-bond donors (Lipinski definition) is 1. The van der Waals surface area contributed by atoms with E-state index in [0.29, 0.717) is 17.2 Å². The van der Waals surface area contributed by atoms with Crippen LogP contribution in [-0.2, 0) is 0 Å². The maximum atomic E-state index is 12.7. The highest BCUT2D eigenvalue weighted by Gasteiger charge is 2.25. The van der Waals surface area contributed by atoms with Gasteiger partial charge in [-0.15, -0.1) is 0 Å². The Kier molecular flexibility index (Phi) is 6.42. The number of anilines is 2. The molecule has 1 aromatic heterocycles. The zero-order valence-electron chi connectivity index (χ0n) is 13.9. The van der Waals surface area contributed by atoms with Gasteiger partial charge >= 0.3 is 0 Å². The van der Waals surface area contributed by atoms with Gasteiger partial charge in [-0.05, 0) is 34.9 Å². The van der Waals surface area contributed by atoms with Crippen LogP contribution in [0.5, 0.6) is 0 Å². The number of thiazole rings is 1. The molecular formula is C14H27N5OS. The maximum Gasteiger partial charge on any atom is 0.268 e. The van der Waals surface area contributed by atoms with Gasteiger partial charge in [0.05, 0.1) is 0 Å². The molecule has 1 amide bonds. The van der Waals surface area contributed by atoms with E-state index in [0.717, 1.165) is 18.2 Å². The maximum absolute atomic E-state index is 12.7. The molecule has 1 unspecified atom stereocenters. The van der Waals surface area contributed by atoms with E-state index in [2.05, 4.69) is 16.8 Å². The highest BCUT2D eigenvalue weighted by molar-refractivity contribution is 7.18. The number of amides is 1. The summed E-state index contributed by atoms with van der Waals surface area (Å²) in [5.41, 5.74) is 5.94. The van der Waals surface area contributed by atoms with E-state index in [1.54, 1.807) is 0 Å². The Morgan fingerprint density at radius 2 is 1.90 bits per heavy atom. The summed E-state index contributed by atoms with van der Waals surface area (Å²) in [7, 11) is 5.95. The minimum atomic E-state index is -0.0300. The lowest BCUT2D eigenvalue weighted by atomic mass is 10.2. The Morgan fingerprint density at radius 3 is 2.38 bits per heavy atom. The molecule has 120 valence electrons. The van der Waals surface area contributed by atoms with Crippen LogP contribution < -0.4 is 10.6 Å². The van der Waals surface area contributed by atoms with Crippen LogP contribution in [0.4, 0.5) is 10.9 Å². The molecule has 0 saturated carbocycles. The summed E-state index contributed by atoms with van der Waals surface area (Å²) in [6.45, 7) is 8.38. The number of likely N-dealkylation sites (N-methyl/N-ethyl adjacent to an activating group) is 2. The predicted molar refractivity (Wildman–Crippen MR) is 90.2 cm³/mol. The molecule has 0 aliphatic carbocycles. The average molecular weight is 313 g/mol. The third-order valence-electron chi connectivity index (χ3n) is 3.40. The number of aromatic nitrogens is 1. The third-order valence-corrected chi connectivity index (χ3v) is 4.57. The quantitative estimate of drug-likeness (QED) is 0.828. The minimum Gasteiger partial charge on any atom is -0.382 e. The Hall–Kier alpha value is -1.34. The molecule has 0 aliphatic rings. The topological polar surface area (TPSA) is 65.7 Å². The first kappa shape index (κ1) is 17.7. The number of nitrogens with zero attached hydrogens (tertiary/aromatic N) is 4. The minimum absolute atomic E-state index is 0.0300. The molecule has 0 aromatic carbocycles. The number of nitrogens with two attached hydrogens (primary N) is 1. The van der Waals surface area contributed by atoms with Gasteiger partial charge in [0.25, 0.3) is 5.91 Å². The van der Waals surface area contributed by atoms with Crippen LogP contribution in [0.2, 0.25) is 0 Å². The van der Waals surface area contributed by atoms with Gasteiger partial charge in [-0.1, -0.05) is 11.3 Å². The van der Waals surface area contributed by atoms with E-state index in [9.17, 15) is 4.79 Å². The second kappa shape index (κ2) is 7.61. The normalized spacial score (nSPS) is 12.5. The molecule has 1 heterocycles. The van der Waals surface area contributed by atoms with Gasteiger partial charge in [-0.2, -0.15) is 0 Å². The first-order valence-corrected chi connectivity index (χ1v) is 8.06. The molecule has 6 nitrogen and oxygen atoms in total. The van der Waals surface area contributed by atoms with Crippen molar-refractivity contribution in [3.8, 4) is 0 Å². The van der Waals surface area contributed by atoms with Gasteiger partial charge < -0.3 is 20.4 Å². The molecule has 0 saturated heterocycles. The molecule has 0 fully saturated rings. The summed E-state index contributed by atoms with van der Waals surface area (Å²) in [4.78, 5) is 23.5. The zero-order valence-corrected chi connectivity index (χ0v) is 14.7. The van der Waals surface area contributed by atoms with E-state index in [1.165, 1.54) is 11.3 Å². The van der Waals surface area contributed by atoms with Crippen molar-refractivity contribution in [1.29, 1.82) is 0 Å². The first-order valence-electron chi connectivity index (χ1n) is 7.24. The second-order valence-corrected chi connectivity index (χ2v) is 6.40. The van der Waals surface area contributed by atoms with Crippen molar-refractivity contribution >= 4 is 28.2 Å². The Bertz CT molecular complexity index is 474. The lowest BCUT2D eigenvalue weighted by Crippen LogP contribution is -2.43. The number of hydrogen-bond acceptors (Lipinski definition) is 6. The summed E-state index contributed by atoms with van der Waals surface area (Å²) in [5, 5.41) is 0.787. The van der Waals surface area contributed by atoms with E-state index >= 15 is 0 Å². The van der Waals surface area contributed by atoms with Crippen LogP contribution in [0.25, 0.3) is 0 Å². The molecule has 0 aliphatic heterocycles. The van der Waals surface area contributed by atoms with Crippen molar-refractivity contribution < 1.29 is 4.79 Å². The van der Waals surface area contributed by atoms with Crippen molar-refractivity contribution in [2.45, 2.75) is 26.8 Å². The van der Waals surface area contributed by atoms with Gasteiger partial charge in [-0.25, -0.2) is 4.98 Å². The van der Waals surface area contributed by atoms with Crippen LogP contribution in [-0.4, -0.2) is 67.5 Å². The molecular weight excluding hydrogens is 286 g/mol. The summed E-state index contributed by atoms with van der Waals surface area (Å²) in [6, 6.07) is 0.131. The fraction of sp³-hybridized carbons (Fsp3) is 0.714. The first-order chi connectivity index (χ1) is 9.81. The zero-order chi connectivity index (χ0) is 16.2. The van der Waals surface area contributed by atoms with Crippen LogP contribution in [0.1, 0.15) is 30.4 Å². The van der Waals surface area contributed by atoms with Crippen molar-refractivity contribution in [1.82, 2.24) is 14.8 Å². The summed E-state index contributed by atoms with van der Waals surface area (Å²) in [6.07, 6.45) is 0. The standard InChI is InChI=1S/C14H27N5OS/c1-7-18(6)14-16-12(15)11(21-14)13(20)19(8-2)10(3)9-17(4)5/h10H,7-9,15H2,1-6H3. The van der Waals surface area contributed by atoms with Crippen LogP contribution in [0.15, 0.2) is 0 Å². The molecule has 0 spiro atoms. The van der Waals surface area contributed by atoms with E-state index in [-0.39, 0.29) is 11.9 Å². The highest BCUT2D eigenvalue weighted by atomic mass is 32.1. The smallest absolute Gasteiger partial charge is 0.268 e. The Morgan fingerprint density at radius 1 is 1.29 bits per heavy atom.